The Labute approximate surface area is 142 Å². The topological polar surface area (TPSA) is 61.8 Å². The summed E-state index contributed by atoms with van der Waals surface area (Å²) in [6.07, 6.45) is 0.634. The fourth-order valence-electron chi connectivity index (χ4n) is 2.52. The van der Waals surface area contributed by atoms with E-state index >= 15 is 0 Å². The van der Waals surface area contributed by atoms with Crippen LogP contribution in [-0.2, 0) is 20.7 Å². The Morgan fingerprint density at radius 3 is 2.50 bits per heavy atom. The molecule has 0 radical (unpaired) electrons. The second-order valence-corrected chi connectivity index (χ2v) is 7.36. The quantitative estimate of drug-likeness (QED) is 0.748. The second-order valence-electron chi connectivity index (χ2n) is 5.79. The lowest BCUT2D eigenvalue weighted by Crippen LogP contribution is -2.20. The molecule has 0 saturated carbocycles. The van der Waals surface area contributed by atoms with Crippen molar-refractivity contribution < 1.29 is 22.1 Å². The number of aryl methyl sites for hydroxylation is 1. The molecule has 0 amide bonds. The molecule has 0 spiro atoms. The van der Waals surface area contributed by atoms with Crippen molar-refractivity contribution in [3.05, 3.63) is 53.6 Å². The summed E-state index contributed by atoms with van der Waals surface area (Å²) in [5, 5.41) is 0. The molecule has 6 heteroatoms. The van der Waals surface area contributed by atoms with E-state index in [1.165, 1.54) is 0 Å². The molecule has 1 aliphatic heterocycles. The van der Waals surface area contributed by atoms with Gasteiger partial charge in [0, 0.05) is 6.42 Å². The molecule has 1 heterocycles. The van der Waals surface area contributed by atoms with Gasteiger partial charge in [-0.05, 0) is 43.2 Å². The minimum atomic E-state index is -3.78. The highest BCUT2D eigenvalue weighted by molar-refractivity contribution is 7.86. The van der Waals surface area contributed by atoms with Crippen LogP contribution in [0.4, 0.5) is 0 Å². The first-order valence-corrected chi connectivity index (χ1v) is 9.27. The van der Waals surface area contributed by atoms with Gasteiger partial charge in [-0.3, -0.25) is 4.18 Å². The Bertz CT molecular complexity index is 812. The van der Waals surface area contributed by atoms with Crippen molar-refractivity contribution in [2.45, 2.75) is 37.7 Å². The van der Waals surface area contributed by atoms with Gasteiger partial charge in [-0.1, -0.05) is 30.7 Å². The molecule has 128 valence electrons. The molecule has 0 fully saturated rings. The smallest absolute Gasteiger partial charge is 0.297 e. The van der Waals surface area contributed by atoms with Crippen molar-refractivity contribution in [1.82, 2.24) is 0 Å². The Balaban J connectivity index is 1.73. The molecule has 1 unspecified atom stereocenters. The van der Waals surface area contributed by atoms with Gasteiger partial charge in [-0.2, -0.15) is 8.42 Å². The van der Waals surface area contributed by atoms with Crippen molar-refractivity contribution in [3.63, 3.8) is 0 Å². The van der Waals surface area contributed by atoms with Crippen LogP contribution < -0.4 is 9.47 Å². The Kier molecular flexibility index (Phi) is 4.78. The van der Waals surface area contributed by atoms with Crippen molar-refractivity contribution in [3.8, 4) is 11.5 Å². The van der Waals surface area contributed by atoms with Crippen molar-refractivity contribution in [1.29, 1.82) is 0 Å². The lowest BCUT2D eigenvalue weighted by molar-refractivity contribution is 0.174. The van der Waals surface area contributed by atoms with Crippen LogP contribution >= 0.6 is 0 Å². The maximum atomic E-state index is 12.4. The first-order chi connectivity index (χ1) is 11.5. The van der Waals surface area contributed by atoms with E-state index in [-0.39, 0.29) is 11.7 Å². The number of fused-ring (bicyclic) bond motifs is 1. The van der Waals surface area contributed by atoms with Gasteiger partial charge < -0.3 is 9.47 Å². The molecule has 1 aliphatic rings. The van der Waals surface area contributed by atoms with Gasteiger partial charge in [-0.15, -0.1) is 0 Å². The molecular formula is C18H20O5S. The summed E-state index contributed by atoms with van der Waals surface area (Å²) >= 11 is 0. The molecular weight excluding hydrogens is 328 g/mol. The molecule has 0 aliphatic carbocycles. The van der Waals surface area contributed by atoms with Crippen LogP contribution in [0.15, 0.2) is 47.4 Å². The summed E-state index contributed by atoms with van der Waals surface area (Å²) in [5.74, 6) is 1.39. The van der Waals surface area contributed by atoms with Crippen molar-refractivity contribution >= 4 is 10.1 Å². The number of hydrogen-bond donors (Lipinski definition) is 0. The van der Waals surface area contributed by atoms with Gasteiger partial charge in [0.1, 0.15) is 0 Å². The summed E-state index contributed by atoms with van der Waals surface area (Å²) in [7, 11) is -3.78. The van der Waals surface area contributed by atoms with Crippen molar-refractivity contribution in [2.75, 3.05) is 6.79 Å². The monoisotopic (exact) mass is 348 g/mol. The number of rotatable bonds is 6. The van der Waals surface area contributed by atoms with Crippen LogP contribution in [0.2, 0.25) is 0 Å². The van der Waals surface area contributed by atoms with E-state index in [0.717, 1.165) is 11.1 Å². The number of benzene rings is 2. The number of hydrogen-bond acceptors (Lipinski definition) is 5. The zero-order valence-corrected chi connectivity index (χ0v) is 14.5. The van der Waals surface area contributed by atoms with Crippen molar-refractivity contribution in [2.24, 2.45) is 0 Å². The highest BCUT2D eigenvalue weighted by Gasteiger charge is 2.22. The molecule has 2 aromatic rings. The third kappa shape index (κ3) is 3.71. The van der Waals surface area contributed by atoms with E-state index in [4.69, 9.17) is 13.7 Å². The normalized spacial score (nSPS) is 14.6. The van der Waals surface area contributed by atoms with E-state index in [0.29, 0.717) is 24.3 Å². The summed E-state index contributed by atoms with van der Waals surface area (Å²) in [4.78, 5) is 0.178. The molecule has 0 bridgehead atoms. The fraction of sp³-hybridized carbons (Fsp3) is 0.333. The third-order valence-electron chi connectivity index (χ3n) is 3.93. The fourth-order valence-corrected chi connectivity index (χ4v) is 3.66. The average Bonchev–Trinajstić information content (AvgIpc) is 3.02. The van der Waals surface area contributed by atoms with E-state index in [9.17, 15) is 8.42 Å². The van der Waals surface area contributed by atoms with Gasteiger partial charge in [0.2, 0.25) is 6.79 Å². The third-order valence-corrected chi connectivity index (χ3v) is 5.30. The zero-order valence-electron chi connectivity index (χ0n) is 13.7. The average molecular weight is 348 g/mol. The molecule has 0 saturated heterocycles. The molecule has 0 aromatic heterocycles. The minimum absolute atomic E-state index is 0.178. The summed E-state index contributed by atoms with van der Waals surface area (Å²) in [6, 6.07) is 12.3. The van der Waals surface area contributed by atoms with Gasteiger partial charge in [0.15, 0.2) is 11.5 Å². The van der Waals surface area contributed by atoms with Crippen LogP contribution in [0.1, 0.15) is 24.5 Å². The van der Waals surface area contributed by atoms with Gasteiger partial charge in [0.05, 0.1) is 11.0 Å². The standard InChI is InChI=1S/C18H20O5S/c1-3-15(10-14-6-9-17-18(11-14)22-12-21-17)23-24(19,20)16-7-4-13(2)5-8-16/h4-9,11,15H,3,10,12H2,1-2H3. The van der Waals surface area contributed by atoms with E-state index in [2.05, 4.69) is 0 Å². The van der Waals surface area contributed by atoms with Crippen LogP contribution in [0, 0.1) is 6.92 Å². The second kappa shape index (κ2) is 6.83. The van der Waals surface area contributed by atoms with Crippen LogP contribution in [-0.4, -0.2) is 21.3 Å². The first-order valence-electron chi connectivity index (χ1n) is 7.86. The molecule has 0 N–H and O–H groups in total. The SMILES string of the molecule is CCC(Cc1ccc2c(c1)OCO2)OS(=O)(=O)c1ccc(C)cc1. The van der Waals surface area contributed by atoms with Crippen LogP contribution in [0.5, 0.6) is 11.5 Å². The predicted molar refractivity (Wildman–Crippen MR) is 89.8 cm³/mol. The molecule has 3 rings (SSSR count). The van der Waals surface area contributed by atoms with Gasteiger partial charge in [0.25, 0.3) is 10.1 Å². The van der Waals surface area contributed by atoms with E-state index in [1.54, 1.807) is 24.3 Å². The Morgan fingerprint density at radius 1 is 1.08 bits per heavy atom. The molecule has 2 aromatic carbocycles. The lowest BCUT2D eigenvalue weighted by Gasteiger charge is -2.16. The van der Waals surface area contributed by atoms with Gasteiger partial charge in [-0.25, -0.2) is 0 Å². The summed E-state index contributed by atoms with van der Waals surface area (Å²) < 4.78 is 40.9. The van der Waals surface area contributed by atoms with Crippen LogP contribution in [0.25, 0.3) is 0 Å². The summed E-state index contributed by atoms with van der Waals surface area (Å²) in [6.45, 7) is 4.03. The van der Waals surface area contributed by atoms with Crippen LogP contribution in [0.3, 0.4) is 0 Å². The van der Waals surface area contributed by atoms with E-state index in [1.807, 2.05) is 32.0 Å². The largest absolute Gasteiger partial charge is 0.454 e. The minimum Gasteiger partial charge on any atom is -0.454 e. The predicted octanol–water partition coefficient (Wildman–Crippen LogP) is 3.45. The highest BCUT2D eigenvalue weighted by Crippen LogP contribution is 2.33. The number of ether oxygens (including phenoxy) is 2. The van der Waals surface area contributed by atoms with E-state index < -0.39 is 16.2 Å². The maximum absolute atomic E-state index is 12.4. The molecule has 24 heavy (non-hydrogen) atoms. The van der Waals surface area contributed by atoms with Gasteiger partial charge >= 0.3 is 0 Å². The maximum Gasteiger partial charge on any atom is 0.297 e. The summed E-state index contributed by atoms with van der Waals surface area (Å²) in [5.41, 5.74) is 1.95. The highest BCUT2D eigenvalue weighted by atomic mass is 32.2. The zero-order chi connectivity index (χ0) is 17.2. The Morgan fingerprint density at radius 2 is 1.79 bits per heavy atom. The molecule has 5 nitrogen and oxygen atoms in total. The molecule has 1 atom stereocenters. The Hall–Kier alpha value is -2.05. The lowest BCUT2D eigenvalue weighted by atomic mass is 10.1. The first kappa shape index (κ1) is 16.8.